The maximum Gasteiger partial charge on any atom is 0.262 e. The molecular formula is C19H20Br2N2O3. The van der Waals surface area contributed by atoms with E-state index in [0.717, 1.165) is 20.1 Å². The molecule has 0 aliphatic carbocycles. The van der Waals surface area contributed by atoms with Crippen LogP contribution >= 0.6 is 31.9 Å². The van der Waals surface area contributed by atoms with Gasteiger partial charge >= 0.3 is 0 Å². The summed E-state index contributed by atoms with van der Waals surface area (Å²) in [6.45, 7) is 1.83. The van der Waals surface area contributed by atoms with Crippen molar-refractivity contribution in [3.05, 3.63) is 56.5 Å². The van der Waals surface area contributed by atoms with Gasteiger partial charge in [-0.15, -0.1) is 0 Å². The molecule has 2 aromatic rings. The number of aryl methyl sites for hydroxylation is 2. The molecule has 0 saturated carbocycles. The van der Waals surface area contributed by atoms with Crippen molar-refractivity contribution in [2.45, 2.75) is 19.8 Å². The zero-order valence-electron chi connectivity index (χ0n) is 14.6. The number of nitrogens with one attached hydrogen (secondary N) is 2. The lowest BCUT2D eigenvalue weighted by Gasteiger charge is -2.12. The molecule has 0 aliphatic rings. The van der Waals surface area contributed by atoms with E-state index in [4.69, 9.17) is 4.74 Å². The van der Waals surface area contributed by atoms with Crippen LogP contribution in [0.3, 0.4) is 0 Å². The molecule has 7 heteroatoms. The second-order valence-corrected chi connectivity index (χ2v) is 7.51. The maximum absolute atomic E-state index is 12.1. The van der Waals surface area contributed by atoms with Crippen LogP contribution in [0, 0.1) is 6.92 Å². The lowest BCUT2D eigenvalue weighted by molar-refractivity contribution is -0.120. The van der Waals surface area contributed by atoms with Gasteiger partial charge in [-0.2, -0.15) is 0 Å². The van der Waals surface area contributed by atoms with E-state index in [0.29, 0.717) is 24.3 Å². The van der Waals surface area contributed by atoms with Crippen LogP contribution in [0.1, 0.15) is 17.5 Å². The Morgan fingerprint density at radius 3 is 2.38 bits per heavy atom. The molecule has 2 amide bonds. The van der Waals surface area contributed by atoms with Crippen LogP contribution in [0.2, 0.25) is 0 Å². The lowest BCUT2D eigenvalue weighted by Crippen LogP contribution is -2.20. The highest BCUT2D eigenvalue weighted by Gasteiger charge is 2.10. The number of carbonyl (C=O) groups is 2. The maximum atomic E-state index is 12.1. The summed E-state index contributed by atoms with van der Waals surface area (Å²) in [5.74, 6) is 0.416. The molecule has 5 nitrogen and oxygen atoms in total. The largest absolute Gasteiger partial charge is 0.482 e. The van der Waals surface area contributed by atoms with Crippen molar-refractivity contribution in [3.63, 3.8) is 0 Å². The van der Waals surface area contributed by atoms with Crippen LogP contribution in [0.4, 0.5) is 5.69 Å². The Bertz CT molecular complexity index is 769. The molecule has 0 saturated heterocycles. The number of carbonyl (C=O) groups excluding carboxylic acids is 2. The van der Waals surface area contributed by atoms with E-state index in [1.807, 2.05) is 43.3 Å². The van der Waals surface area contributed by atoms with Crippen LogP contribution in [-0.4, -0.2) is 25.5 Å². The van der Waals surface area contributed by atoms with Gasteiger partial charge in [0.05, 0.1) is 4.47 Å². The first-order valence-electron chi connectivity index (χ1n) is 8.07. The van der Waals surface area contributed by atoms with Crippen molar-refractivity contribution in [2.24, 2.45) is 0 Å². The molecule has 26 heavy (non-hydrogen) atoms. The molecule has 0 bridgehead atoms. The van der Waals surface area contributed by atoms with Crippen LogP contribution in [0.15, 0.2) is 45.3 Å². The molecule has 0 aliphatic heterocycles. The van der Waals surface area contributed by atoms with Gasteiger partial charge in [-0.1, -0.05) is 28.1 Å². The molecule has 138 valence electrons. The van der Waals surface area contributed by atoms with Crippen molar-refractivity contribution in [1.29, 1.82) is 0 Å². The van der Waals surface area contributed by atoms with Crippen molar-refractivity contribution in [3.8, 4) is 5.75 Å². The Morgan fingerprint density at radius 2 is 1.77 bits per heavy atom. The standard InChI is InChI=1S/C19H20Br2N2O3/c1-12-9-14(20)10-16(21)19(12)26-11-18(25)23-15-6-3-13(4-7-15)5-8-17(24)22-2/h3-4,6-7,9-10H,5,8,11H2,1-2H3,(H,22,24)(H,23,25). The fourth-order valence-electron chi connectivity index (χ4n) is 2.34. The first-order valence-corrected chi connectivity index (χ1v) is 9.65. The first-order chi connectivity index (χ1) is 12.4. The van der Waals surface area contributed by atoms with Crippen molar-refractivity contribution in [1.82, 2.24) is 5.32 Å². The Hall–Kier alpha value is -1.86. The van der Waals surface area contributed by atoms with E-state index >= 15 is 0 Å². The van der Waals surface area contributed by atoms with Gasteiger partial charge in [-0.3, -0.25) is 9.59 Å². The fourth-order valence-corrected chi connectivity index (χ4v) is 3.90. The fraction of sp³-hybridized carbons (Fsp3) is 0.263. The average Bonchev–Trinajstić information content (AvgIpc) is 2.59. The highest BCUT2D eigenvalue weighted by atomic mass is 79.9. The summed E-state index contributed by atoms with van der Waals surface area (Å²) in [6.07, 6.45) is 1.10. The van der Waals surface area contributed by atoms with Crippen molar-refractivity contribution < 1.29 is 14.3 Å². The molecule has 2 N–H and O–H groups in total. The van der Waals surface area contributed by atoms with Crippen LogP contribution < -0.4 is 15.4 Å². The summed E-state index contributed by atoms with van der Waals surface area (Å²) in [6, 6.07) is 11.2. The predicted molar refractivity (Wildman–Crippen MR) is 110 cm³/mol. The van der Waals surface area contributed by atoms with Gasteiger partial charge in [0.25, 0.3) is 5.91 Å². The number of hydrogen-bond donors (Lipinski definition) is 2. The monoisotopic (exact) mass is 482 g/mol. The van der Waals surface area contributed by atoms with E-state index in [1.54, 1.807) is 7.05 Å². The Morgan fingerprint density at radius 1 is 1.08 bits per heavy atom. The van der Waals surface area contributed by atoms with Gasteiger partial charge < -0.3 is 15.4 Å². The second-order valence-electron chi connectivity index (χ2n) is 5.74. The zero-order chi connectivity index (χ0) is 19.1. The SMILES string of the molecule is CNC(=O)CCc1ccc(NC(=O)COc2c(C)cc(Br)cc2Br)cc1. The summed E-state index contributed by atoms with van der Waals surface area (Å²) in [5, 5.41) is 5.39. The Kier molecular flexibility index (Phi) is 7.66. The third-order valence-electron chi connectivity index (χ3n) is 3.70. The molecule has 0 radical (unpaired) electrons. The summed E-state index contributed by atoms with van der Waals surface area (Å²) >= 11 is 6.85. The lowest BCUT2D eigenvalue weighted by atomic mass is 10.1. The molecule has 0 fully saturated rings. The van der Waals surface area contributed by atoms with Crippen LogP contribution in [0.25, 0.3) is 0 Å². The van der Waals surface area contributed by atoms with Crippen molar-refractivity contribution in [2.75, 3.05) is 19.0 Å². The summed E-state index contributed by atoms with van der Waals surface area (Å²) in [5.41, 5.74) is 2.66. The molecule has 2 aromatic carbocycles. The van der Waals surface area contributed by atoms with E-state index < -0.39 is 0 Å². The van der Waals surface area contributed by atoms with E-state index in [-0.39, 0.29) is 18.4 Å². The summed E-state index contributed by atoms with van der Waals surface area (Å²) in [4.78, 5) is 23.4. The number of halogens is 2. The normalized spacial score (nSPS) is 10.3. The predicted octanol–water partition coefficient (Wildman–Crippen LogP) is 4.22. The summed E-state index contributed by atoms with van der Waals surface area (Å²) in [7, 11) is 1.62. The third kappa shape index (κ3) is 6.14. The number of ether oxygens (including phenoxy) is 1. The summed E-state index contributed by atoms with van der Waals surface area (Å²) < 4.78 is 7.36. The van der Waals surface area contributed by atoms with Crippen molar-refractivity contribution >= 4 is 49.4 Å². The minimum Gasteiger partial charge on any atom is -0.482 e. The number of rotatable bonds is 7. The van der Waals surface area contributed by atoms with E-state index in [1.165, 1.54) is 0 Å². The molecule has 0 heterocycles. The highest BCUT2D eigenvalue weighted by Crippen LogP contribution is 2.32. The van der Waals surface area contributed by atoms with Gasteiger partial charge in [0.1, 0.15) is 5.75 Å². The quantitative estimate of drug-likeness (QED) is 0.619. The smallest absolute Gasteiger partial charge is 0.262 e. The zero-order valence-corrected chi connectivity index (χ0v) is 17.7. The van der Waals surface area contributed by atoms with Gasteiger partial charge in [0.2, 0.25) is 5.91 Å². The number of hydrogen-bond acceptors (Lipinski definition) is 3. The molecule has 0 aromatic heterocycles. The second kappa shape index (κ2) is 9.73. The van der Waals surface area contributed by atoms with E-state index in [2.05, 4.69) is 42.5 Å². The number of amides is 2. The van der Waals surface area contributed by atoms with Gasteiger partial charge in [0, 0.05) is 23.6 Å². The minimum absolute atomic E-state index is 0.00826. The topological polar surface area (TPSA) is 67.4 Å². The van der Waals surface area contributed by atoms with Gasteiger partial charge in [-0.25, -0.2) is 0 Å². The number of benzene rings is 2. The van der Waals surface area contributed by atoms with Crippen LogP contribution in [-0.2, 0) is 16.0 Å². The van der Waals surface area contributed by atoms with Gasteiger partial charge in [-0.05, 0) is 64.7 Å². The third-order valence-corrected chi connectivity index (χ3v) is 4.75. The Balaban J connectivity index is 1.87. The minimum atomic E-state index is -0.239. The first kappa shape index (κ1) is 20.5. The molecule has 0 atom stereocenters. The molecule has 0 spiro atoms. The Labute approximate surface area is 169 Å². The highest BCUT2D eigenvalue weighted by molar-refractivity contribution is 9.11. The molecule has 0 unspecified atom stereocenters. The van der Waals surface area contributed by atoms with E-state index in [9.17, 15) is 9.59 Å². The number of anilines is 1. The average molecular weight is 484 g/mol. The molecule has 2 rings (SSSR count). The van der Waals surface area contributed by atoms with Crippen LogP contribution in [0.5, 0.6) is 5.75 Å². The van der Waals surface area contributed by atoms with Gasteiger partial charge in [0.15, 0.2) is 6.61 Å². The molecular weight excluding hydrogens is 464 g/mol.